The molecule has 2 aromatic rings. The van der Waals surface area contributed by atoms with Crippen LogP contribution in [0.25, 0.3) is 11.3 Å². The van der Waals surface area contributed by atoms with Crippen LogP contribution in [0.5, 0.6) is 0 Å². The molecule has 1 aromatic heterocycles. The molecule has 8 heteroatoms. The number of non-ortho nitro benzene ring substituents is 1. The van der Waals surface area contributed by atoms with E-state index >= 15 is 0 Å². The average molecular weight is 410 g/mol. The SMILES string of the molecule is O=C(OCC(=O)N(C1=CCCCC1)C1CC1)c1ccc(-c2ccc([N+](=O)[O-])cc2)o1. The van der Waals surface area contributed by atoms with E-state index in [9.17, 15) is 19.7 Å². The molecule has 1 amide bonds. The first-order valence-corrected chi connectivity index (χ1v) is 10.1. The normalized spacial score (nSPS) is 15.9. The molecular weight excluding hydrogens is 388 g/mol. The van der Waals surface area contributed by atoms with Crippen LogP contribution in [-0.4, -0.2) is 34.3 Å². The van der Waals surface area contributed by atoms with E-state index in [0.29, 0.717) is 11.3 Å². The predicted octanol–water partition coefficient (Wildman–Crippen LogP) is 4.46. The van der Waals surface area contributed by atoms with Crippen LogP contribution in [-0.2, 0) is 9.53 Å². The summed E-state index contributed by atoms with van der Waals surface area (Å²) in [5, 5.41) is 10.8. The quantitative estimate of drug-likeness (QED) is 0.379. The van der Waals surface area contributed by atoms with Gasteiger partial charge in [0.25, 0.3) is 11.6 Å². The van der Waals surface area contributed by atoms with Gasteiger partial charge in [-0.3, -0.25) is 14.9 Å². The molecule has 1 fully saturated rings. The summed E-state index contributed by atoms with van der Waals surface area (Å²) >= 11 is 0. The second kappa shape index (κ2) is 8.52. The highest BCUT2D eigenvalue weighted by Gasteiger charge is 2.35. The Morgan fingerprint density at radius 1 is 1.13 bits per heavy atom. The van der Waals surface area contributed by atoms with Crippen molar-refractivity contribution >= 4 is 17.6 Å². The van der Waals surface area contributed by atoms with Crippen molar-refractivity contribution in [2.75, 3.05) is 6.61 Å². The van der Waals surface area contributed by atoms with Gasteiger partial charge in [-0.2, -0.15) is 0 Å². The lowest BCUT2D eigenvalue weighted by Gasteiger charge is -2.27. The first-order chi connectivity index (χ1) is 14.5. The van der Waals surface area contributed by atoms with Gasteiger partial charge in [-0.15, -0.1) is 0 Å². The molecule has 0 unspecified atom stereocenters. The molecule has 0 aliphatic heterocycles. The highest BCUT2D eigenvalue weighted by Crippen LogP contribution is 2.34. The third-order valence-corrected chi connectivity index (χ3v) is 5.25. The largest absolute Gasteiger partial charge is 0.450 e. The summed E-state index contributed by atoms with van der Waals surface area (Å²) in [5.74, 6) is -0.563. The van der Waals surface area contributed by atoms with E-state index in [1.807, 2.05) is 0 Å². The summed E-state index contributed by atoms with van der Waals surface area (Å²) in [6.07, 6.45) is 8.14. The van der Waals surface area contributed by atoms with Gasteiger partial charge in [-0.05, 0) is 62.8 Å². The van der Waals surface area contributed by atoms with Crippen LogP contribution in [0.2, 0.25) is 0 Å². The summed E-state index contributed by atoms with van der Waals surface area (Å²) in [6, 6.07) is 9.08. The molecule has 0 bridgehead atoms. The zero-order chi connectivity index (χ0) is 21.1. The van der Waals surface area contributed by atoms with Gasteiger partial charge in [0.2, 0.25) is 5.76 Å². The number of hydrogen-bond acceptors (Lipinski definition) is 6. The fourth-order valence-corrected chi connectivity index (χ4v) is 3.59. The smallest absolute Gasteiger partial charge is 0.374 e. The number of benzene rings is 1. The lowest BCUT2D eigenvalue weighted by Crippen LogP contribution is -2.36. The van der Waals surface area contributed by atoms with Crippen molar-refractivity contribution in [2.24, 2.45) is 0 Å². The first kappa shape index (κ1) is 19.9. The van der Waals surface area contributed by atoms with Gasteiger partial charge in [0, 0.05) is 29.4 Å². The van der Waals surface area contributed by atoms with Gasteiger partial charge in [-0.25, -0.2) is 4.79 Å². The van der Waals surface area contributed by atoms with Gasteiger partial charge in [0.05, 0.1) is 4.92 Å². The molecule has 30 heavy (non-hydrogen) atoms. The van der Waals surface area contributed by atoms with Crippen LogP contribution in [0.1, 0.15) is 49.1 Å². The maximum atomic E-state index is 12.7. The summed E-state index contributed by atoms with van der Waals surface area (Å²) in [4.78, 5) is 37.1. The Kier molecular flexibility index (Phi) is 5.65. The second-order valence-electron chi connectivity index (χ2n) is 7.48. The summed E-state index contributed by atoms with van der Waals surface area (Å²) in [7, 11) is 0. The number of furan rings is 1. The summed E-state index contributed by atoms with van der Waals surface area (Å²) < 4.78 is 10.7. The number of esters is 1. The van der Waals surface area contributed by atoms with Gasteiger partial charge in [0.15, 0.2) is 6.61 Å². The van der Waals surface area contributed by atoms with E-state index < -0.39 is 10.9 Å². The van der Waals surface area contributed by atoms with Crippen LogP contribution in [0, 0.1) is 10.1 Å². The predicted molar refractivity (Wildman–Crippen MR) is 107 cm³/mol. The van der Waals surface area contributed by atoms with Crippen molar-refractivity contribution < 1.29 is 23.7 Å². The molecule has 0 atom stereocenters. The summed E-state index contributed by atoms with van der Waals surface area (Å²) in [6.45, 7) is -0.333. The Hall–Kier alpha value is -3.42. The van der Waals surface area contributed by atoms with E-state index in [2.05, 4.69) is 6.08 Å². The van der Waals surface area contributed by atoms with Crippen LogP contribution in [0.3, 0.4) is 0 Å². The van der Waals surface area contributed by atoms with Crippen molar-refractivity contribution in [1.82, 2.24) is 4.90 Å². The fourth-order valence-electron chi connectivity index (χ4n) is 3.59. The number of carbonyl (C=O) groups excluding carboxylic acids is 2. The summed E-state index contributed by atoms with van der Waals surface area (Å²) in [5.41, 5.74) is 1.61. The number of amides is 1. The van der Waals surface area contributed by atoms with Crippen LogP contribution in [0.4, 0.5) is 5.69 Å². The van der Waals surface area contributed by atoms with Crippen LogP contribution in [0.15, 0.2) is 52.6 Å². The van der Waals surface area contributed by atoms with Crippen molar-refractivity contribution in [2.45, 2.75) is 44.6 Å². The Bertz CT molecular complexity index is 987. The number of nitro groups is 1. The third-order valence-electron chi connectivity index (χ3n) is 5.25. The van der Waals surface area contributed by atoms with Gasteiger partial charge >= 0.3 is 5.97 Å². The van der Waals surface area contributed by atoms with Crippen molar-refractivity contribution in [1.29, 1.82) is 0 Å². The molecule has 8 nitrogen and oxygen atoms in total. The molecule has 4 rings (SSSR count). The fraction of sp³-hybridized carbons (Fsp3) is 0.364. The molecule has 1 aromatic carbocycles. The minimum atomic E-state index is -0.718. The molecule has 0 saturated heterocycles. The van der Waals surface area contributed by atoms with E-state index in [1.54, 1.807) is 23.1 Å². The molecule has 1 heterocycles. The lowest BCUT2D eigenvalue weighted by molar-refractivity contribution is -0.384. The van der Waals surface area contributed by atoms with E-state index in [4.69, 9.17) is 9.15 Å². The standard InChI is InChI=1S/C22H22N2O6/c25-21(23(17-10-11-17)16-4-2-1-3-5-16)14-29-22(26)20-13-12-19(30-20)15-6-8-18(9-7-15)24(27)28/h4,6-9,12-13,17H,1-3,5,10-11,14H2. The van der Waals surface area contributed by atoms with Gasteiger partial charge in [-0.1, -0.05) is 6.08 Å². The third kappa shape index (κ3) is 4.42. The maximum absolute atomic E-state index is 12.7. The molecule has 0 spiro atoms. The van der Waals surface area contributed by atoms with E-state index in [1.165, 1.54) is 18.2 Å². The monoisotopic (exact) mass is 410 g/mol. The number of ether oxygens (including phenoxy) is 1. The number of nitrogens with zero attached hydrogens (tertiary/aromatic N) is 2. The van der Waals surface area contributed by atoms with Gasteiger partial charge < -0.3 is 14.1 Å². The first-order valence-electron chi connectivity index (χ1n) is 10.1. The number of rotatable bonds is 7. The lowest BCUT2D eigenvalue weighted by atomic mass is 10.0. The van der Waals surface area contributed by atoms with Crippen LogP contribution >= 0.6 is 0 Å². The maximum Gasteiger partial charge on any atom is 0.374 e. The van der Waals surface area contributed by atoms with Crippen LogP contribution < -0.4 is 0 Å². The number of carbonyl (C=O) groups is 2. The molecule has 0 N–H and O–H groups in total. The minimum absolute atomic E-state index is 0.0222. The topological polar surface area (TPSA) is 103 Å². The molecule has 0 radical (unpaired) electrons. The number of hydrogen-bond donors (Lipinski definition) is 0. The number of nitro benzene ring substituents is 1. The number of allylic oxidation sites excluding steroid dienone is 2. The minimum Gasteiger partial charge on any atom is -0.450 e. The Morgan fingerprint density at radius 3 is 2.53 bits per heavy atom. The zero-order valence-electron chi connectivity index (χ0n) is 16.4. The molecule has 2 aliphatic carbocycles. The van der Waals surface area contributed by atoms with E-state index in [0.717, 1.165) is 44.2 Å². The average Bonchev–Trinajstić information content (AvgIpc) is 3.46. The Labute approximate surface area is 173 Å². The van der Waals surface area contributed by atoms with Gasteiger partial charge in [0.1, 0.15) is 5.76 Å². The van der Waals surface area contributed by atoms with Crippen molar-refractivity contribution in [3.05, 3.63) is 64.0 Å². The van der Waals surface area contributed by atoms with Crippen molar-refractivity contribution in [3.63, 3.8) is 0 Å². The Balaban J connectivity index is 1.37. The highest BCUT2D eigenvalue weighted by molar-refractivity contribution is 5.90. The molecule has 2 aliphatic rings. The van der Waals surface area contributed by atoms with E-state index in [-0.39, 0.29) is 30.0 Å². The van der Waals surface area contributed by atoms with Crippen molar-refractivity contribution in [3.8, 4) is 11.3 Å². The molecule has 156 valence electrons. The second-order valence-corrected chi connectivity index (χ2v) is 7.48. The highest BCUT2D eigenvalue weighted by atomic mass is 16.6. The molecular formula is C22H22N2O6. The zero-order valence-corrected chi connectivity index (χ0v) is 16.4. The Morgan fingerprint density at radius 2 is 1.90 bits per heavy atom. The molecule has 1 saturated carbocycles.